The summed E-state index contributed by atoms with van der Waals surface area (Å²) in [6, 6.07) is 7.30. The number of hydrogen-bond donors (Lipinski definition) is 0. The summed E-state index contributed by atoms with van der Waals surface area (Å²) in [5.41, 5.74) is 10.4. The maximum absolute atomic E-state index is 2.70. The molecule has 2 unspecified atom stereocenters. The van der Waals surface area contributed by atoms with Crippen LogP contribution in [-0.2, 0) is 11.8 Å². The zero-order valence-electron chi connectivity index (χ0n) is 23.7. The SMILES string of the molecule is CC1=CCC2B(C3=CCC4C(=C3)C(C)(C)CCC4(C)C)c3sc4ccc(C(C)(C)C)cc4c3CC2=C1. The van der Waals surface area contributed by atoms with Crippen molar-refractivity contribution in [3.05, 3.63) is 75.8 Å². The van der Waals surface area contributed by atoms with Gasteiger partial charge in [-0.3, -0.25) is 0 Å². The van der Waals surface area contributed by atoms with E-state index in [4.69, 9.17) is 0 Å². The minimum Gasteiger partial charge on any atom is -0.149 e. The Balaban J connectivity index is 1.52. The lowest BCUT2D eigenvalue weighted by atomic mass is 9.30. The van der Waals surface area contributed by atoms with Gasteiger partial charge in [-0.05, 0) is 100 Å². The second-order valence-corrected chi connectivity index (χ2v) is 15.6. The van der Waals surface area contributed by atoms with Crippen molar-refractivity contribution in [2.24, 2.45) is 16.7 Å². The van der Waals surface area contributed by atoms with Gasteiger partial charge in [-0.15, -0.1) is 11.3 Å². The summed E-state index contributed by atoms with van der Waals surface area (Å²) in [5.74, 6) is 1.30. The third kappa shape index (κ3) is 3.85. The summed E-state index contributed by atoms with van der Waals surface area (Å²) in [6.45, 7) is 19.8. The Hall–Kier alpha value is -1.80. The molecule has 2 aromatic rings. The number of benzene rings is 1. The fraction of sp³-hybridized carbons (Fsp3) is 0.529. The highest BCUT2D eigenvalue weighted by molar-refractivity contribution is 7.30. The molecule has 1 saturated carbocycles. The van der Waals surface area contributed by atoms with Gasteiger partial charge in [0.1, 0.15) is 0 Å². The monoisotopic (exact) mass is 494 g/mol. The second kappa shape index (κ2) is 8.10. The molecule has 1 aromatic heterocycles. The van der Waals surface area contributed by atoms with Crippen LogP contribution in [0.15, 0.2) is 64.7 Å². The molecule has 0 spiro atoms. The molecule has 3 aliphatic carbocycles. The summed E-state index contributed by atoms with van der Waals surface area (Å²) < 4.78 is 3.13. The number of thiophene rings is 1. The molecular formula is C34H43BS. The van der Waals surface area contributed by atoms with Crippen molar-refractivity contribution in [1.82, 2.24) is 0 Å². The average molecular weight is 495 g/mol. The first-order chi connectivity index (χ1) is 16.8. The molecule has 0 N–H and O–H groups in total. The first-order valence-electron chi connectivity index (χ1n) is 14.2. The van der Waals surface area contributed by atoms with Gasteiger partial charge in [0, 0.05) is 4.70 Å². The largest absolute Gasteiger partial charge is 0.229 e. The molecule has 1 aliphatic heterocycles. The van der Waals surface area contributed by atoms with E-state index in [2.05, 4.69) is 109 Å². The molecule has 188 valence electrons. The summed E-state index contributed by atoms with van der Waals surface area (Å²) in [4.78, 5) is 0. The van der Waals surface area contributed by atoms with E-state index in [1.807, 2.05) is 0 Å². The van der Waals surface area contributed by atoms with Crippen molar-refractivity contribution >= 4 is 32.9 Å². The van der Waals surface area contributed by atoms with Gasteiger partial charge in [-0.25, -0.2) is 0 Å². The van der Waals surface area contributed by atoms with E-state index < -0.39 is 0 Å². The lowest BCUT2D eigenvalue weighted by molar-refractivity contribution is 0.123. The molecule has 1 aromatic carbocycles. The zero-order valence-corrected chi connectivity index (χ0v) is 24.5. The van der Waals surface area contributed by atoms with Crippen LogP contribution in [-0.4, -0.2) is 6.71 Å². The van der Waals surface area contributed by atoms with E-state index in [1.165, 1.54) is 46.9 Å². The molecular weight excluding hydrogens is 451 g/mol. The van der Waals surface area contributed by atoms with E-state index >= 15 is 0 Å². The normalized spacial score (nSPS) is 26.8. The van der Waals surface area contributed by atoms with E-state index in [-0.39, 0.29) is 5.41 Å². The number of allylic oxidation sites excluding steroid dienone is 8. The van der Waals surface area contributed by atoms with Crippen molar-refractivity contribution in [3.8, 4) is 0 Å². The predicted octanol–water partition coefficient (Wildman–Crippen LogP) is 9.36. The van der Waals surface area contributed by atoms with Crippen molar-refractivity contribution < 1.29 is 0 Å². The van der Waals surface area contributed by atoms with Crippen molar-refractivity contribution in [2.75, 3.05) is 0 Å². The van der Waals surface area contributed by atoms with E-state index in [0.717, 1.165) is 6.42 Å². The topological polar surface area (TPSA) is 0 Å². The average Bonchev–Trinajstić information content (AvgIpc) is 3.17. The Labute approximate surface area is 223 Å². The molecule has 0 bridgehead atoms. The van der Waals surface area contributed by atoms with Crippen LogP contribution < -0.4 is 4.78 Å². The molecule has 2 heterocycles. The fourth-order valence-electron chi connectivity index (χ4n) is 7.59. The number of hydrogen-bond acceptors (Lipinski definition) is 1. The van der Waals surface area contributed by atoms with Crippen LogP contribution in [0, 0.1) is 16.7 Å². The predicted molar refractivity (Wildman–Crippen MR) is 161 cm³/mol. The van der Waals surface area contributed by atoms with Gasteiger partial charge in [-0.2, -0.15) is 0 Å². The van der Waals surface area contributed by atoms with Gasteiger partial charge in [0.25, 0.3) is 0 Å². The van der Waals surface area contributed by atoms with Crippen LogP contribution in [0.25, 0.3) is 10.1 Å². The molecule has 1 fully saturated rings. The third-order valence-corrected chi connectivity index (χ3v) is 11.4. The molecule has 36 heavy (non-hydrogen) atoms. The van der Waals surface area contributed by atoms with Gasteiger partial charge in [0.05, 0.1) is 0 Å². The van der Waals surface area contributed by atoms with Crippen LogP contribution in [0.3, 0.4) is 0 Å². The highest BCUT2D eigenvalue weighted by Gasteiger charge is 2.47. The third-order valence-electron chi connectivity index (χ3n) is 10.1. The Bertz CT molecular complexity index is 1360. The van der Waals surface area contributed by atoms with Crippen LogP contribution in [0.5, 0.6) is 0 Å². The molecule has 2 atom stereocenters. The Morgan fingerprint density at radius 2 is 1.75 bits per heavy atom. The Morgan fingerprint density at radius 3 is 2.50 bits per heavy atom. The molecule has 0 radical (unpaired) electrons. The van der Waals surface area contributed by atoms with E-state index in [1.54, 1.807) is 27.0 Å². The first kappa shape index (κ1) is 24.5. The van der Waals surface area contributed by atoms with Crippen LogP contribution >= 0.6 is 11.3 Å². The summed E-state index contributed by atoms with van der Waals surface area (Å²) in [6.07, 6.45) is 16.5. The first-order valence-corrected chi connectivity index (χ1v) is 15.0. The van der Waals surface area contributed by atoms with E-state index in [0.29, 0.717) is 29.3 Å². The lowest BCUT2D eigenvalue weighted by Gasteiger charge is -2.50. The smallest absolute Gasteiger partial charge is 0.149 e. The van der Waals surface area contributed by atoms with Crippen molar-refractivity contribution in [3.63, 3.8) is 0 Å². The van der Waals surface area contributed by atoms with Gasteiger partial charge in [0.2, 0.25) is 6.71 Å². The van der Waals surface area contributed by atoms with Crippen LogP contribution in [0.4, 0.5) is 0 Å². The highest BCUT2D eigenvalue weighted by Crippen LogP contribution is 2.56. The summed E-state index contributed by atoms with van der Waals surface area (Å²) in [7, 11) is 0. The van der Waals surface area contributed by atoms with Crippen molar-refractivity contribution in [1.29, 1.82) is 0 Å². The van der Waals surface area contributed by atoms with Gasteiger partial charge in [-0.1, -0.05) is 101 Å². The highest BCUT2D eigenvalue weighted by atomic mass is 32.1. The summed E-state index contributed by atoms with van der Waals surface area (Å²) in [5, 5.41) is 1.51. The van der Waals surface area contributed by atoms with Crippen molar-refractivity contribution in [2.45, 2.75) is 98.7 Å². The standard InChI is InChI=1S/C34H43BS/c1-21-9-13-29-22(17-21)18-26-25-19-23(32(2,3)4)10-14-30(25)36-31(26)35(29)24-11-12-27-28(20-24)34(7,8)16-15-33(27,5)6/h9-11,14,17,19-20,27,29H,12-13,15-16,18H2,1-8H3. The Morgan fingerprint density at radius 1 is 0.972 bits per heavy atom. The van der Waals surface area contributed by atoms with E-state index in [9.17, 15) is 0 Å². The summed E-state index contributed by atoms with van der Waals surface area (Å²) >= 11 is 2.09. The number of rotatable bonds is 1. The minimum atomic E-state index is 0.174. The van der Waals surface area contributed by atoms with Gasteiger partial charge < -0.3 is 0 Å². The van der Waals surface area contributed by atoms with Crippen LogP contribution in [0.1, 0.15) is 92.2 Å². The Kier molecular flexibility index (Phi) is 5.52. The molecule has 0 saturated heterocycles. The maximum Gasteiger partial charge on any atom is 0.229 e. The fourth-order valence-corrected chi connectivity index (χ4v) is 8.99. The molecule has 0 amide bonds. The molecule has 2 heteroatoms. The zero-order chi connectivity index (χ0) is 25.6. The second-order valence-electron chi connectivity index (χ2n) is 14.5. The van der Waals surface area contributed by atoms with Crippen LogP contribution in [0.2, 0.25) is 5.82 Å². The minimum absolute atomic E-state index is 0.174. The quantitative estimate of drug-likeness (QED) is 0.347. The van der Waals surface area contributed by atoms with Gasteiger partial charge in [0.15, 0.2) is 0 Å². The molecule has 0 nitrogen and oxygen atoms in total. The number of fused-ring (bicyclic) bond motifs is 5. The molecule has 4 aliphatic rings. The lowest BCUT2D eigenvalue weighted by Crippen LogP contribution is -2.45. The maximum atomic E-state index is 2.70. The van der Waals surface area contributed by atoms with Gasteiger partial charge >= 0.3 is 0 Å². The molecule has 6 rings (SSSR count).